The van der Waals surface area contributed by atoms with Crippen LogP contribution < -0.4 is 10.9 Å². The lowest BCUT2D eigenvalue weighted by atomic mass is 10.3. The quantitative estimate of drug-likeness (QED) is 0.803. The summed E-state index contributed by atoms with van der Waals surface area (Å²) < 4.78 is 13.6. The van der Waals surface area contributed by atoms with Crippen LogP contribution in [0.3, 0.4) is 0 Å². The Morgan fingerprint density at radius 3 is 2.89 bits per heavy atom. The van der Waals surface area contributed by atoms with Gasteiger partial charge < -0.3 is 10.3 Å². The van der Waals surface area contributed by atoms with Crippen molar-refractivity contribution in [2.24, 2.45) is 0 Å². The van der Waals surface area contributed by atoms with Gasteiger partial charge in [-0.05, 0) is 34.7 Å². The van der Waals surface area contributed by atoms with E-state index in [2.05, 4.69) is 15.3 Å². The van der Waals surface area contributed by atoms with Crippen molar-refractivity contribution in [2.75, 3.05) is 5.32 Å². The number of anilines is 1. The average molecular weight is 359 g/mol. The number of carbonyl (C=O) groups excluding carboxylic acids is 1. The lowest BCUT2D eigenvalue weighted by molar-refractivity contribution is 0.102. The van der Waals surface area contributed by atoms with Crippen LogP contribution in [0.2, 0.25) is 0 Å². The predicted octanol–water partition coefficient (Wildman–Crippen LogP) is 1.77. The molecule has 0 spiro atoms. The topological polar surface area (TPSA) is 74.8 Å². The second-order valence-electron chi connectivity index (χ2n) is 3.35. The zero-order valence-corrected chi connectivity index (χ0v) is 11.1. The Balaban J connectivity index is 2.24. The summed E-state index contributed by atoms with van der Waals surface area (Å²) in [6.07, 6.45) is 2.20. The van der Waals surface area contributed by atoms with Gasteiger partial charge in [0, 0.05) is 6.20 Å². The van der Waals surface area contributed by atoms with Gasteiger partial charge in [-0.1, -0.05) is 6.07 Å². The third-order valence-electron chi connectivity index (χ3n) is 2.10. The minimum absolute atomic E-state index is 0.0506. The molecule has 92 valence electrons. The van der Waals surface area contributed by atoms with Crippen molar-refractivity contribution in [3.63, 3.8) is 0 Å². The molecule has 1 amide bonds. The Labute approximate surface area is 115 Å². The number of aromatic nitrogens is 2. The standard InChI is InChI=1S/C11H7FIN3O2/c12-6-2-1-3-7(10(6)13)16-11(18)8-4-15-9(17)5-14-8/h1-5H,(H,15,17)(H,16,18). The maximum absolute atomic E-state index is 13.3. The molecule has 0 bridgehead atoms. The first-order valence-corrected chi connectivity index (χ1v) is 5.96. The number of amides is 1. The Morgan fingerprint density at radius 1 is 1.44 bits per heavy atom. The molecule has 7 heteroatoms. The van der Waals surface area contributed by atoms with Gasteiger partial charge in [0.25, 0.3) is 11.5 Å². The Morgan fingerprint density at radius 2 is 2.22 bits per heavy atom. The monoisotopic (exact) mass is 359 g/mol. The molecule has 5 nitrogen and oxygen atoms in total. The first-order valence-electron chi connectivity index (χ1n) is 4.88. The highest BCUT2D eigenvalue weighted by molar-refractivity contribution is 14.1. The number of nitrogens with zero attached hydrogens (tertiary/aromatic N) is 1. The summed E-state index contributed by atoms with van der Waals surface area (Å²) in [5, 5.41) is 2.52. The van der Waals surface area contributed by atoms with Crippen LogP contribution in [-0.2, 0) is 0 Å². The first kappa shape index (κ1) is 12.7. The molecule has 0 saturated carbocycles. The summed E-state index contributed by atoms with van der Waals surface area (Å²) in [4.78, 5) is 28.6. The summed E-state index contributed by atoms with van der Waals surface area (Å²) in [7, 11) is 0. The number of halogens is 2. The lowest BCUT2D eigenvalue weighted by Gasteiger charge is -2.06. The van der Waals surface area contributed by atoms with Gasteiger partial charge in [-0.2, -0.15) is 0 Å². The van der Waals surface area contributed by atoms with Crippen LogP contribution in [0.5, 0.6) is 0 Å². The smallest absolute Gasteiger partial charge is 0.275 e. The van der Waals surface area contributed by atoms with E-state index in [-0.39, 0.29) is 5.69 Å². The number of H-pyrrole nitrogens is 1. The van der Waals surface area contributed by atoms with E-state index in [0.717, 1.165) is 6.20 Å². The molecular weight excluding hydrogens is 352 g/mol. The largest absolute Gasteiger partial charge is 0.325 e. The van der Waals surface area contributed by atoms with E-state index in [1.165, 1.54) is 18.3 Å². The third-order valence-corrected chi connectivity index (χ3v) is 3.20. The molecule has 0 aliphatic carbocycles. The molecule has 0 saturated heterocycles. The molecule has 2 N–H and O–H groups in total. The number of rotatable bonds is 2. The lowest BCUT2D eigenvalue weighted by Crippen LogP contribution is -2.17. The fraction of sp³-hybridized carbons (Fsp3) is 0. The van der Waals surface area contributed by atoms with Gasteiger partial charge in [0.2, 0.25) is 0 Å². The van der Waals surface area contributed by atoms with Crippen molar-refractivity contribution in [3.8, 4) is 0 Å². The zero-order valence-electron chi connectivity index (χ0n) is 8.91. The van der Waals surface area contributed by atoms with E-state index in [1.54, 1.807) is 28.7 Å². The normalized spacial score (nSPS) is 10.1. The maximum atomic E-state index is 13.3. The van der Waals surface area contributed by atoms with Crippen LogP contribution >= 0.6 is 22.6 Å². The van der Waals surface area contributed by atoms with Gasteiger partial charge in [0.05, 0.1) is 15.5 Å². The molecule has 2 aromatic rings. The fourth-order valence-corrected chi connectivity index (χ4v) is 1.75. The van der Waals surface area contributed by atoms with E-state index in [0.29, 0.717) is 9.26 Å². The van der Waals surface area contributed by atoms with E-state index >= 15 is 0 Å². The van der Waals surface area contributed by atoms with Gasteiger partial charge in [-0.25, -0.2) is 9.37 Å². The molecule has 1 aromatic heterocycles. The van der Waals surface area contributed by atoms with Crippen LogP contribution in [-0.4, -0.2) is 15.9 Å². The highest BCUT2D eigenvalue weighted by atomic mass is 127. The number of hydrogen-bond acceptors (Lipinski definition) is 3. The predicted molar refractivity (Wildman–Crippen MR) is 71.9 cm³/mol. The fourth-order valence-electron chi connectivity index (χ4n) is 1.25. The number of nitrogens with one attached hydrogen (secondary N) is 2. The second-order valence-corrected chi connectivity index (χ2v) is 4.43. The van der Waals surface area contributed by atoms with E-state index in [9.17, 15) is 14.0 Å². The molecule has 0 aliphatic heterocycles. The van der Waals surface area contributed by atoms with Crippen LogP contribution in [0.1, 0.15) is 10.5 Å². The number of hydrogen-bond donors (Lipinski definition) is 2. The molecule has 1 heterocycles. The molecule has 0 aliphatic rings. The minimum atomic E-state index is -0.519. The van der Waals surface area contributed by atoms with E-state index < -0.39 is 17.3 Å². The van der Waals surface area contributed by atoms with Crippen LogP contribution in [0.25, 0.3) is 0 Å². The average Bonchev–Trinajstić information content (AvgIpc) is 2.36. The molecule has 0 unspecified atom stereocenters. The SMILES string of the molecule is O=C(Nc1cccc(F)c1I)c1c[nH]c(=O)cn1. The van der Waals surface area contributed by atoms with Gasteiger partial charge in [0.1, 0.15) is 11.5 Å². The summed E-state index contributed by atoms with van der Waals surface area (Å²) in [5.41, 5.74) is 0.00940. The summed E-state index contributed by atoms with van der Waals surface area (Å²) in [6.45, 7) is 0. The summed E-state index contributed by atoms with van der Waals surface area (Å²) in [6, 6.07) is 4.37. The van der Waals surface area contributed by atoms with Gasteiger partial charge >= 0.3 is 0 Å². The third kappa shape index (κ3) is 2.73. The number of carbonyl (C=O) groups is 1. The van der Waals surface area contributed by atoms with Crippen molar-refractivity contribution in [3.05, 3.63) is 56.0 Å². The van der Waals surface area contributed by atoms with Gasteiger partial charge in [0.15, 0.2) is 0 Å². The first-order chi connectivity index (χ1) is 8.58. The molecule has 1 aromatic carbocycles. The van der Waals surface area contributed by atoms with E-state index in [1.807, 2.05) is 0 Å². The molecular formula is C11H7FIN3O2. The number of benzene rings is 1. The van der Waals surface area contributed by atoms with Crippen molar-refractivity contribution < 1.29 is 9.18 Å². The van der Waals surface area contributed by atoms with Gasteiger partial charge in [-0.3, -0.25) is 9.59 Å². The van der Waals surface area contributed by atoms with Gasteiger partial charge in [-0.15, -0.1) is 0 Å². The summed E-state index contributed by atoms with van der Waals surface area (Å²) >= 11 is 1.80. The highest BCUT2D eigenvalue weighted by Crippen LogP contribution is 2.21. The molecule has 2 rings (SSSR count). The van der Waals surface area contributed by atoms with Crippen LogP contribution in [0.4, 0.5) is 10.1 Å². The van der Waals surface area contributed by atoms with Crippen molar-refractivity contribution in [1.82, 2.24) is 9.97 Å². The maximum Gasteiger partial charge on any atom is 0.275 e. The molecule has 0 radical (unpaired) electrons. The van der Waals surface area contributed by atoms with Crippen molar-refractivity contribution in [1.29, 1.82) is 0 Å². The Hall–Kier alpha value is -1.77. The Bertz CT molecular complexity index is 636. The molecule has 0 fully saturated rings. The van der Waals surface area contributed by atoms with E-state index in [4.69, 9.17) is 0 Å². The second kappa shape index (κ2) is 5.25. The minimum Gasteiger partial charge on any atom is -0.325 e. The van der Waals surface area contributed by atoms with Crippen LogP contribution in [0, 0.1) is 9.39 Å². The van der Waals surface area contributed by atoms with Crippen LogP contribution in [0.15, 0.2) is 35.4 Å². The molecule has 0 atom stereocenters. The summed E-state index contributed by atoms with van der Waals surface area (Å²) in [5.74, 6) is -0.933. The Kier molecular flexibility index (Phi) is 3.70. The highest BCUT2D eigenvalue weighted by Gasteiger charge is 2.11. The number of aromatic amines is 1. The van der Waals surface area contributed by atoms with Crippen molar-refractivity contribution >= 4 is 34.2 Å². The zero-order chi connectivity index (χ0) is 13.1. The molecule has 18 heavy (non-hydrogen) atoms. The van der Waals surface area contributed by atoms with Crippen molar-refractivity contribution in [2.45, 2.75) is 0 Å².